The van der Waals surface area contributed by atoms with E-state index in [0.717, 1.165) is 17.3 Å². The predicted molar refractivity (Wildman–Crippen MR) is 97.6 cm³/mol. The number of aryl methyl sites for hydroxylation is 1. The average Bonchev–Trinajstić information content (AvgIpc) is 2.91. The fourth-order valence-electron chi connectivity index (χ4n) is 2.89. The van der Waals surface area contributed by atoms with E-state index in [2.05, 4.69) is 10.3 Å². The van der Waals surface area contributed by atoms with Crippen LogP contribution in [0.5, 0.6) is 0 Å². The minimum atomic E-state index is -3.04. The maximum atomic E-state index is 12.5. The number of hydrogen-bond acceptors (Lipinski definition) is 6. The SMILES string of the molecule is CCn1c(=O)c(SCC(=O)NC2CCS(=O)(=O)C2)nc2ccccc21. The molecule has 25 heavy (non-hydrogen) atoms. The second kappa shape index (κ2) is 7.17. The fraction of sp³-hybridized carbons (Fsp3) is 0.438. The highest BCUT2D eigenvalue weighted by Crippen LogP contribution is 2.17. The number of hydrogen-bond donors (Lipinski definition) is 1. The second-order valence-electron chi connectivity index (χ2n) is 5.91. The van der Waals surface area contributed by atoms with Gasteiger partial charge in [0.05, 0.1) is 28.3 Å². The van der Waals surface area contributed by atoms with Crippen molar-refractivity contribution in [2.75, 3.05) is 17.3 Å². The molecule has 0 spiro atoms. The lowest BCUT2D eigenvalue weighted by Gasteiger charge is -2.12. The van der Waals surface area contributed by atoms with E-state index in [1.165, 1.54) is 0 Å². The summed E-state index contributed by atoms with van der Waals surface area (Å²) < 4.78 is 24.5. The Hall–Kier alpha value is -1.87. The maximum Gasteiger partial charge on any atom is 0.283 e. The van der Waals surface area contributed by atoms with Crippen molar-refractivity contribution in [1.82, 2.24) is 14.9 Å². The van der Waals surface area contributed by atoms with E-state index in [4.69, 9.17) is 0 Å². The molecule has 7 nitrogen and oxygen atoms in total. The molecule has 0 radical (unpaired) electrons. The first-order valence-electron chi connectivity index (χ1n) is 8.02. The summed E-state index contributed by atoms with van der Waals surface area (Å²) in [4.78, 5) is 28.9. The van der Waals surface area contributed by atoms with Crippen molar-refractivity contribution in [1.29, 1.82) is 0 Å². The van der Waals surface area contributed by atoms with Crippen molar-refractivity contribution in [2.45, 2.75) is 31.0 Å². The zero-order valence-electron chi connectivity index (χ0n) is 13.8. The van der Waals surface area contributed by atoms with Gasteiger partial charge in [0.15, 0.2) is 14.9 Å². The number of nitrogens with zero attached hydrogens (tertiary/aromatic N) is 2. The third-order valence-corrected chi connectivity index (χ3v) is 6.79. The Bertz CT molecular complexity index is 969. The Morgan fingerprint density at radius 2 is 2.16 bits per heavy atom. The van der Waals surface area contributed by atoms with E-state index >= 15 is 0 Å². The summed E-state index contributed by atoms with van der Waals surface area (Å²) in [5, 5.41) is 2.99. The van der Waals surface area contributed by atoms with Crippen molar-refractivity contribution in [3.63, 3.8) is 0 Å². The highest BCUT2D eigenvalue weighted by atomic mass is 32.2. The number of aromatic nitrogens is 2. The number of sulfone groups is 1. The minimum absolute atomic E-state index is 0.0136. The molecule has 0 aliphatic carbocycles. The Kier molecular flexibility index (Phi) is 5.14. The van der Waals surface area contributed by atoms with Crippen LogP contribution in [0.2, 0.25) is 0 Å². The molecule has 1 fully saturated rings. The molecule has 0 saturated carbocycles. The van der Waals surface area contributed by atoms with Crippen LogP contribution in [0, 0.1) is 0 Å². The van der Waals surface area contributed by atoms with Gasteiger partial charge in [0.2, 0.25) is 5.91 Å². The third kappa shape index (κ3) is 4.04. The van der Waals surface area contributed by atoms with Gasteiger partial charge < -0.3 is 9.88 Å². The van der Waals surface area contributed by atoms with Crippen LogP contribution in [-0.4, -0.2) is 47.2 Å². The van der Waals surface area contributed by atoms with Crippen LogP contribution in [0.3, 0.4) is 0 Å². The van der Waals surface area contributed by atoms with Gasteiger partial charge in [-0.3, -0.25) is 9.59 Å². The van der Waals surface area contributed by atoms with Gasteiger partial charge in [-0.05, 0) is 25.5 Å². The van der Waals surface area contributed by atoms with Crippen LogP contribution in [0.15, 0.2) is 34.1 Å². The number of carbonyl (C=O) groups excluding carboxylic acids is 1. The van der Waals surface area contributed by atoms with E-state index < -0.39 is 9.84 Å². The lowest BCUT2D eigenvalue weighted by atomic mass is 10.3. The Morgan fingerprint density at radius 1 is 1.40 bits per heavy atom. The molecular formula is C16H19N3O4S2. The number of rotatable bonds is 5. The van der Waals surface area contributed by atoms with Crippen molar-refractivity contribution >= 4 is 38.5 Å². The summed E-state index contributed by atoms with van der Waals surface area (Å²) in [6.07, 6.45) is 0.440. The third-order valence-electron chi connectivity index (χ3n) is 4.08. The smallest absolute Gasteiger partial charge is 0.283 e. The molecule has 1 atom stereocenters. The molecule has 0 bridgehead atoms. The second-order valence-corrected chi connectivity index (χ2v) is 9.10. The molecule has 1 aromatic heterocycles. The largest absolute Gasteiger partial charge is 0.352 e. The van der Waals surface area contributed by atoms with E-state index in [9.17, 15) is 18.0 Å². The van der Waals surface area contributed by atoms with Crippen molar-refractivity contribution in [3.05, 3.63) is 34.6 Å². The zero-order valence-corrected chi connectivity index (χ0v) is 15.4. The van der Waals surface area contributed by atoms with Crippen LogP contribution < -0.4 is 10.9 Å². The van der Waals surface area contributed by atoms with Crippen LogP contribution >= 0.6 is 11.8 Å². The summed E-state index contributed by atoms with van der Waals surface area (Å²) in [5.41, 5.74) is 1.25. The fourth-order valence-corrected chi connectivity index (χ4v) is 5.31. The predicted octanol–water partition coefficient (Wildman–Crippen LogP) is 0.812. The van der Waals surface area contributed by atoms with Gasteiger partial charge in [0.25, 0.3) is 5.56 Å². The number of carbonyl (C=O) groups is 1. The molecule has 1 aliphatic rings. The molecule has 1 aliphatic heterocycles. The number of nitrogens with one attached hydrogen (secondary N) is 1. The summed E-state index contributed by atoms with van der Waals surface area (Å²) in [6, 6.07) is 7.03. The van der Waals surface area contributed by atoms with Gasteiger partial charge in [0.1, 0.15) is 0 Å². The van der Waals surface area contributed by atoms with E-state index in [-0.39, 0.29) is 39.8 Å². The van der Waals surface area contributed by atoms with Gasteiger partial charge >= 0.3 is 0 Å². The normalized spacial score (nSPS) is 19.2. The van der Waals surface area contributed by atoms with Gasteiger partial charge in [-0.2, -0.15) is 0 Å². The molecular weight excluding hydrogens is 362 g/mol. The van der Waals surface area contributed by atoms with Gasteiger partial charge in [-0.1, -0.05) is 23.9 Å². The monoisotopic (exact) mass is 381 g/mol. The van der Waals surface area contributed by atoms with E-state index in [1.807, 2.05) is 31.2 Å². The lowest BCUT2D eigenvalue weighted by Crippen LogP contribution is -2.37. The summed E-state index contributed by atoms with van der Waals surface area (Å²) in [6.45, 7) is 2.40. The molecule has 2 heterocycles. The molecule has 1 amide bonds. The molecule has 1 unspecified atom stereocenters. The average molecular weight is 381 g/mol. The van der Waals surface area contributed by atoms with Crippen molar-refractivity contribution in [2.24, 2.45) is 0 Å². The van der Waals surface area contributed by atoms with E-state index in [1.54, 1.807) is 4.57 Å². The van der Waals surface area contributed by atoms with Crippen LogP contribution in [0.1, 0.15) is 13.3 Å². The molecule has 1 N–H and O–H groups in total. The summed E-state index contributed by atoms with van der Waals surface area (Å²) in [5.74, 6) is -0.163. The van der Waals surface area contributed by atoms with Crippen LogP contribution in [0.25, 0.3) is 11.0 Å². The number of fused-ring (bicyclic) bond motifs is 1. The molecule has 134 valence electrons. The zero-order chi connectivity index (χ0) is 18.0. The minimum Gasteiger partial charge on any atom is -0.352 e. The van der Waals surface area contributed by atoms with Crippen LogP contribution in [0.4, 0.5) is 0 Å². The number of benzene rings is 1. The van der Waals surface area contributed by atoms with Gasteiger partial charge in [-0.15, -0.1) is 0 Å². The lowest BCUT2D eigenvalue weighted by molar-refractivity contribution is -0.119. The number of amides is 1. The first kappa shape index (κ1) is 17.9. The maximum absolute atomic E-state index is 12.5. The number of thioether (sulfide) groups is 1. The van der Waals surface area contributed by atoms with Crippen LogP contribution in [-0.2, 0) is 21.2 Å². The van der Waals surface area contributed by atoms with Gasteiger partial charge in [-0.25, -0.2) is 13.4 Å². The highest BCUT2D eigenvalue weighted by Gasteiger charge is 2.28. The van der Waals surface area contributed by atoms with Gasteiger partial charge in [0, 0.05) is 12.6 Å². The Labute approximate surface area is 149 Å². The molecule has 1 aromatic carbocycles. The topological polar surface area (TPSA) is 98.1 Å². The standard InChI is InChI=1S/C16H19N3O4S2/c1-2-19-13-6-4-3-5-12(13)18-15(16(19)21)24-9-14(20)17-11-7-8-25(22,23)10-11/h3-6,11H,2,7-10H2,1H3,(H,17,20). The van der Waals surface area contributed by atoms with Crippen molar-refractivity contribution < 1.29 is 13.2 Å². The molecule has 2 aromatic rings. The number of para-hydroxylation sites is 2. The first-order valence-corrected chi connectivity index (χ1v) is 10.8. The highest BCUT2D eigenvalue weighted by molar-refractivity contribution is 7.99. The molecule has 3 rings (SSSR count). The van der Waals surface area contributed by atoms with Crippen molar-refractivity contribution in [3.8, 4) is 0 Å². The first-order chi connectivity index (χ1) is 11.9. The summed E-state index contributed by atoms with van der Waals surface area (Å²) >= 11 is 1.08. The quantitative estimate of drug-likeness (QED) is 0.770. The van der Waals surface area contributed by atoms with E-state index in [0.29, 0.717) is 18.5 Å². The Balaban J connectivity index is 1.72. The Morgan fingerprint density at radius 3 is 2.84 bits per heavy atom. The molecule has 9 heteroatoms. The summed E-state index contributed by atoms with van der Waals surface area (Å²) in [7, 11) is -3.04. The molecule has 1 saturated heterocycles.